The fourth-order valence-corrected chi connectivity index (χ4v) is 6.60. The van der Waals surface area contributed by atoms with Crippen LogP contribution in [0.1, 0.15) is 83.5 Å². The number of imidazole rings is 1. The van der Waals surface area contributed by atoms with Gasteiger partial charge in [-0.2, -0.15) is 5.26 Å². The quantitative estimate of drug-likeness (QED) is 0.287. The third-order valence-corrected chi connectivity index (χ3v) is 9.17. The van der Waals surface area contributed by atoms with E-state index in [2.05, 4.69) is 9.55 Å². The second-order valence-corrected chi connectivity index (χ2v) is 11.6. The Kier molecular flexibility index (Phi) is 6.27. The number of ether oxygens (including phenoxy) is 2. The molecule has 10 heteroatoms. The van der Waals surface area contributed by atoms with Gasteiger partial charge in [-0.3, -0.25) is 0 Å². The van der Waals surface area contributed by atoms with Crippen LogP contribution < -0.4 is 4.74 Å². The third kappa shape index (κ3) is 4.74. The Bertz CT molecular complexity index is 1680. The van der Waals surface area contributed by atoms with Crippen molar-refractivity contribution in [3.05, 3.63) is 76.6 Å². The van der Waals surface area contributed by atoms with E-state index in [9.17, 15) is 14.3 Å². The molecule has 1 aromatic carbocycles. The van der Waals surface area contributed by atoms with Crippen LogP contribution in [-0.2, 0) is 17.9 Å². The average molecular weight is 556 g/mol. The second kappa shape index (κ2) is 10.00. The van der Waals surface area contributed by atoms with Crippen LogP contribution in [0.2, 0.25) is 0 Å². The topological polar surface area (TPSA) is 126 Å². The Hall–Kier alpha value is -4.23. The van der Waals surface area contributed by atoms with Gasteiger partial charge in [0.15, 0.2) is 0 Å². The predicted octanol–water partition coefficient (Wildman–Crippen LogP) is 5.67. The average Bonchev–Trinajstić information content (AvgIpc) is 3.30. The summed E-state index contributed by atoms with van der Waals surface area (Å²) in [5, 5.41) is 18.4. The first-order valence-corrected chi connectivity index (χ1v) is 14.1. The minimum Gasteiger partial charge on any atom is -0.477 e. The van der Waals surface area contributed by atoms with Crippen LogP contribution in [0.5, 0.6) is 5.88 Å². The van der Waals surface area contributed by atoms with Gasteiger partial charge < -0.3 is 24.1 Å². The zero-order valence-electron chi connectivity index (χ0n) is 22.5. The standard InChI is InChI=1S/C31H30FN5O4/c32-23-12-18(15-33)4-5-20(23)17-41-27-3-1-2-24(34-27)19-6-9-31(10-7-19)14-22(31)28-35-25-13-26(30(38)39)36-29(25)37(28)16-21-8-11-40-21/h1-5,12-13,19,21-22,36H,6-11,14,16-17H2,(H,38,39)/t19?,21-,22?,31?/m0/s1. The van der Waals surface area contributed by atoms with Crippen molar-refractivity contribution in [2.75, 3.05) is 6.61 Å². The van der Waals surface area contributed by atoms with Crippen LogP contribution in [0.3, 0.4) is 0 Å². The van der Waals surface area contributed by atoms with Crippen molar-refractivity contribution in [1.82, 2.24) is 19.5 Å². The first kappa shape index (κ1) is 25.7. The van der Waals surface area contributed by atoms with Crippen molar-refractivity contribution < 1.29 is 23.8 Å². The number of benzene rings is 1. The second-order valence-electron chi connectivity index (χ2n) is 11.6. The highest BCUT2D eigenvalue weighted by Gasteiger charge is 2.57. The molecule has 3 fully saturated rings. The molecule has 0 amide bonds. The number of hydrogen-bond donors (Lipinski definition) is 2. The molecular weight excluding hydrogens is 525 g/mol. The molecule has 0 bridgehead atoms. The SMILES string of the molecule is N#Cc1ccc(COc2cccc(C3CCC4(CC3)CC4c3nc4cc(C(=O)O)[nH]c4n3C[C@@H]3CCO3)n2)c(F)c1. The molecule has 9 nitrogen and oxygen atoms in total. The maximum Gasteiger partial charge on any atom is 0.352 e. The number of aromatic nitrogens is 4. The first-order valence-electron chi connectivity index (χ1n) is 14.1. The fourth-order valence-electron chi connectivity index (χ4n) is 6.60. The molecule has 0 radical (unpaired) electrons. The maximum atomic E-state index is 14.3. The number of pyridine rings is 1. The zero-order valence-corrected chi connectivity index (χ0v) is 22.5. The van der Waals surface area contributed by atoms with E-state index in [1.54, 1.807) is 24.3 Å². The van der Waals surface area contributed by atoms with E-state index in [4.69, 9.17) is 24.7 Å². The fraction of sp³-hybridized carbons (Fsp3) is 0.419. The molecule has 2 saturated carbocycles. The number of nitrogens with one attached hydrogen (secondary N) is 1. The Labute approximate surface area is 235 Å². The molecule has 2 atom stereocenters. The van der Waals surface area contributed by atoms with Crippen LogP contribution >= 0.6 is 0 Å². The molecule has 3 aromatic heterocycles. The Balaban J connectivity index is 1.02. The van der Waals surface area contributed by atoms with E-state index in [-0.39, 0.29) is 29.4 Å². The lowest BCUT2D eigenvalue weighted by Crippen LogP contribution is -2.32. The molecule has 4 aromatic rings. The number of rotatable bonds is 8. The van der Waals surface area contributed by atoms with Crippen LogP contribution in [0.25, 0.3) is 11.2 Å². The molecular formula is C31H30FN5O4. The summed E-state index contributed by atoms with van der Waals surface area (Å²) in [6.07, 6.45) is 6.42. The van der Waals surface area contributed by atoms with Gasteiger partial charge in [0.05, 0.1) is 24.3 Å². The third-order valence-electron chi connectivity index (χ3n) is 9.17. The largest absolute Gasteiger partial charge is 0.477 e. The molecule has 1 saturated heterocycles. The number of hydrogen-bond acceptors (Lipinski definition) is 6. The summed E-state index contributed by atoms with van der Waals surface area (Å²) in [4.78, 5) is 24.3. The number of nitrogens with zero attached hydrogens (tertiary/aromatic N) is 4. The van der Waals surface area contributed by atoms with E-state index in [0.717, 1.165) is 62.3 Å². The molecule has 41 heavy (non-hydrogen) atoms. The van der Waals surface area contributed by atoms with Gasteiger partial charge in [0, 0.05) is 35.8 Å². The Morgan fingerprint density at radius 2 is 2.05 bits per heavy atom. The molecule has 2 aliphatic carbocycles. The highest BCUT2D eigenvalue weighted by Crippen LogP contribution is 2.67. The molecule has 210 valence electrons. The predicted molar refractivity (Wildman–Crippen MR) is 146 cm³/mol. The lowest BCUT2D eigenvalue weighted by atomic mass is 9.77. The van der Waals surface area contributed by atoms with E-state index >= 15 is 0 Å². The number of aromatic carboxylic acids is 1. The molecule has 1 spiro atoms. The van der Waals surface area contributed by atoms with Gasteiger partial charge >= 0.3 is 5.97 Å². The lowest BCUT2D eigenvalue weighted by Gasteiger charge is -2.30. The van der Waals surface area contributed by atoms with Gasteiger partial charge in [0.25, 0.3) is 0 Å². The van der Waals surface area contributed by atoms with Crippen LogP contribution in [0.15, 0.2) is 42.5 Å². The Morgan fingerprint density at radius 1 is 1.22 bits per heavy atom. The summed E-state index contributed by atoms with van der Waals surface area (Å²) in [5.41, 5.74) is 3.50. The van der Waals surface area contributed by atoms with Crippen molar-refractivity contribution in [2.45, 2.75) is 69.6 Å². The summed E-state index contributed by atoms with van der Waals surface area (Å²) >= 11 is 0. The minimum atomic E-state index is -0.985. The van der Waals surface area contributed by atoms with Gasteiger partial charge in [-0.1, -0.05) is 12.1 Å². The van der Waals surface area contributed by atoms with Gasteiger partial charge in [-0.05, 0) is 68.2 Å². The van der Waals surface area contributed by atoms with Crippen molar-refractivity contribution in [3.8, 4) is 11.9 Å². The molecule has 3 aliphatic rings. The van der Waals surface area contributed by atoms with Crippen LogP contribution in [0, 0.1) is 22.6 Å². The summed E-state index contributed by atoms with van der Waals surface area (Å²) in [5.74, 6) is 0.738. The number of carbonyl (C=O) groups is 1. The number of H-pyrrole nitrogens is 1. The Morgan fingerprint density at radius 3 is 2.76 bits per heavy atom. The van der Waals surface area contributed by atoms with Gasteiger partial charge in [-0.25, -0.2) is 19.2 Å². The van der Waals surface area contributed by atoms with Gasteiger partial charge in [-0.15, -0.1) is 0 Å². The molecule has 2 N–H and O–H groups in total. The van der Waals surface area contributed by atoms with Gasteiger partial charge in [0.1, 0.15) is 35.1 Å². The van der Waals surface area contributed by atoms with Crippen molar-refractivity contribution in [2.24, 2.45) is 5.41 Å². The highest BCUT2D eigenvalue weighted by atomic mass is 19.1. The van der Waals surface area contributed by atoms with E-state index in [1.165, 1.54) is 6.07 Å². The number of halogens is 1. The maximum absolute atomic E-state index is 14.3. The number of nitriles is 1. The summed E-state index contributed by atoms with van der Waals surface area (Å²) in [6, 6.07) is 13.7. The molecule has 1 unspecified atom stereocenters. The van der Waals surface area contributed by atoms with E-state index in [0.29, 0.717) is 35.3 Å². The van der Waals surface area contributed by atoms with Crippen LogP contribution in [0.4, 0.5) is 4.39 Å². The number of fused-ring (bicyclic) bond motifs is 1. The molecule has 7 rings (SSSR count). The van der Waals surface area contributed by atoms with E-state index in [1.807, 2.05) is 18.2 Å². The highest BCUT2D eigenvalue weighted by molar-refractivity contribution is 5.91. The van der Waals surface area contributed by atoms with Crippen molar-refractivity contribution in [1.29, 1.82) is 5.26 Å². The van der Waals surface area contributed by atoms with E-state index < -0.39 is 11.8 Å². The van der Waals surface area contributed by atoms with Crippen molar-refractivity contribution in [3.63, 3.8) is 0 Å². The first-order chi connectivity index (χ1) is 19.9. The summed E-state index contributed by atoms with van der Waals surface area (Å²) in [6.45, 7) is 1.50. The zero-order chi connectivity index (χ0) is 28.1. The summed E-state index contributed by atoms with van der Waals surface area (Å²) in [7, 11) is 0. The normalized spacial score (nSPS) is 25.1. The van der Waals surface area contributed by atoms with Crippen molar-refractivity contribution >= 4 is 17.1 Å². The van der Waals surface area contributed by atoms with Gasteiger partial charge in [0.2, 0.25) is 5.88 Å². The molecule has 4 heterocycles. The van der Waals surface area contributed by atoms with Crippen LogP contribution in [-0.4, -0.2) is 43.3 Å². The number of carboxylic acids is 1. The summed E-state index contributed by atoms with van der Waals surface area (Å²) < 4.78 is 27.9. The smallest absolute Gasteiger partial charge is 0.352 e. The lowest BCUT2D eigenvalue weighted by molar-refractivity contribution is -0.0591. The minimum absolute atomic E-state index is 0.0456. The molecule has 1 aliphatic heterocycles. The monoisotopic (exact) mass is 555 g/mol. The number of aromatic amines is 1. The number of carboxylic acid groups (broad SMARTS) is 1.